The van der Waals surface area contributed by atoms with Crippen molar-refractivity contribution in [1.82, 2.24) is 5.32 Å². The number of ether oxygens (including phenoxy) is 1. The number of nitrogens with one attached hydrogen (secondary N) is 1. The Morgan fingerprint density at radius 1 is 1.44 bits per heavy atom. The molecule has 2 rings (SSSR count). The molecule has 1 aliphatic heterocycles. The Hall–Kier alpha value is -0.0300. The molecule has 0 saturated carbocycles. The van der Waals surface area contributed by atoms with Crippen LogP contribution in [-0.4, -0.2) is 25.0 Å². The molecule has 18 heavy (non-hydrogen) atoms. The van der Waals surface area contributed by atoms with Crippen molar-refractivity contribution in [3.05, 3.63) is 28.2 Å². The lowest BCUT2D eigenvalue weighted by atomic mass is 10.2. The van der Waals surface area contributed by atoms with Crippen molar-refractivity contribution in [3.8, 4) is 0 Å². The van der Waals surface area contributed by atoms with E-state index in [1.54, 1.807) is 0 Å². The second-order valence-electron chi connectivity index (χ2n) is 5.05. The van der Waals surface area contributed by atoms with Crippen LogP contribution in [0.15, 0.2) is 27.6 Å². The summed E-state index contributed by atoms with van der Waals surface area (Å²) in [4.78, 5) is 1.37. The minimum absolute atomic E-state index is 0.628. The molecule has 1 N–H and O–H groups in total. The van der Waals surface area contributed by atoms with Crippen LogP contribution in [0.1, 0.15) is 19.4 Å². The lowest BCUT2D eigenvalue weighted by Crippen LogP contribution is -2.30. The third kappa shape index (κ3) is 4.26. The van der Waals surface area contributed by atoms with Gasteiger partial charge in [0, 0.05) is 15.9 Å². The van der Waals surface area contributed by atoms with Gasteiger partial charge in [0.15, 0.2) is 0 Å². The van der Waals surface area contributed by atoms with E-state index < -0.39 is 0 Å². The van der Waals surface area contributed by atoms with Gasteiger partial charge in [-0.15, -0.1) is 11.8 Å². The van der Waals surface area contributed by atoms with Crippen LogP contribution in [0.5, 0.6) is 0 Å². The number of thioether (sulfide) groups is 1. The maximum absolute atomic E-state index is 5.24. The van der Waals surface area contributed by atoms with Crippen LogP contribution >= 0.6 is 27.7 Å². The van der Waals surface area contributed by atoms with Gasteiger partial charge in [0.2, 0.25) is 0 Å². The fourth-order valence-corrected chi connectivity index (χ4v) is 3.43. The Morgan fingerprint density at radius 2 is 2.22 bits per heavy atom. The molecule has 0 radical (unpaired) electrons. The molecule has 0 unspecified atom stereocenters. The largest absolute Gasteiger partial charge is 0.379 e. The summed E-state index contributed by atoms with van der Waals surface area (Å²) in [5.41, 5.74) is 1.38. The molecular weight excluding hydrogens is 310 g/mol. The molecule has 0 aliphatic carbocycles. The highest BCUT2D eigenvalue weighted by Gasteiger charge is 2.20. The number of hydrogen-bond acceptors (Lipinski definition) is 3. The Balaban J connectivity index is 1.97. The molecule has 0 spiro atoms. The van der Waals surface area contributed by atoms with Gasteiger partial charge in [-0.2, -0.15) is 0 Å². The van der Waals surface area contributed by atoms with Gasteiger partial charge in [0.1, 0.15) is 0 Å². The van der Waals surface area contributed by atoms with E-state index in [-0.39, 0.29) is 0 Å². The van der Waals surface area contributed by atoms with Crippen molar-refractivity contribution in [1.29, 1.82) is 0 Å². The van der Waals surface area contributed by atoms with Crippen molar-refractivity contribution in [2.75, 3.05) is 19.8 Å². The minimum atomic E-state index is 0.628. The summed E-state index contributed by atoms with van der Waals surface area (Å²) in [6.45, 7) is 8.24. The molecule has 0 bridgehead atoms. The SMILES string of the molecule is CC(C)CNCc1ccc(Br)cc1SC1COC1. The summed E-state index contributed by atoms with van der Waals surface area (Å²) < 4.78 is 6.39. The van der Waals surface area contributed by atoms with Crippen LogP contribution in [0.25, 0.3) is 0 Å². The topological polar surface area (TPSA) is 21.3 Å². The van der Waals surface area contributed by atoms with E-state index in [1.807, 2.05) is 11.8 Å². The van der Waals surface area contributed by atoms with Crippen LogP contribution in [-0.2, 0) is 11.3 Å². The standard InChI is InChI=1S/C14H20BrNOS/c1-10(2)6-16-7-11-3-4-12(15)5-14(11)18-13-8-17-9-13/h3-5,10,13,16H,6-9H2,1-2H3. The zero-order valence-corrected chi connectivity index (χ0v) is 13.3. The van der Waals surface area contributed by atoms with E-state index in [1.165, 1.54) is 10.5 Å². The summed E-state index contributed by atoms with van der Waals surface area (Å²) in [5.74, 6) is 0.691. The van der Waals surface area contributed by atoms with Gasteiger partial charge >= 0.3 is 0 Å². The van der Waals surface area contributed by atoms with Crippen molar-refractivity contribution in [2.24, 2.45) is 5.92 Å². The molecule has 1 saturated heterocycles. The van der Waals surface area contributed by atoms with Gasteiger partial charge in [-0.25, -0.2) is 0 Å². The van der Waals surface area contributed by atoms with Gasteiger partial charge in [0.05, 0.1) is 18.5 Å². The zero-order valence-electron chi connectivity index (χ0n) is 10.9. The van der Waals surface area contributed by atoms with Gasteiger partial charge in [-0.1, -0.05) is 35.8 Å². The highest BCUT2D eigenvalue weighted by Crippen LogP contribution is 2.32. The highest BCUT2D eigenvalue weighted by atomic mass is 79.9. The quantitative estimate of drug-likeness (QED) is 0.860. The molecule has 4 heteroatoms. The van der Waals surface area contributed by atoms with Crippen LogP contribution in [0.2, 0.25) is 0 Å². The minimum Gasteiger partial charge on any atom is -0.379 e. The van der Waals surface area contributed by atoms with Gasteiger partial charge in [0.25, 0.3) is 0 Å². The maximum Gasteiger partial charge on any atom is 0.0611 e. The third-order valence-electron chi connectivity index (χ3n) is 2.80. The van der Waals surface area contributed by atoms with Crippen LogP contribution < -0.4 is 5.32 Å². The van der Waals surface area contributed by atoms with Crippen molar-refractivity contribution >= 4 is 27.7 Å². The molecule has 1 aromatic carbocycles. The normalized spacial score (nSPS) is 16.0. The average molecular weight is 330 g/mol. The number of benzene rings is 1. The van der Waals surface area contributed by atoms with Crippen LogP contribution in [0.3, 0.4) is 0 Å². The van der Waals surface area contributed by atoms with Gasteiger partial charge in [-0.3, -0.25) is 0 Å². The van der Waals surface area contributed by atoms with Gasteiger partial charge < -0.3 is 10.1 Å². The fourth-order valence-electron chi connectivity index (χ4n) is 1.74. The molecule has 0 aromatic heterocycles. The highest BCUT2D eigenvalue weighted by molar-refractivity contribution is 9.10. The van der Waals surface area contributed by atoms with E-state index in [0.717, 1.165) is 30.8 Å². The van der Waals surface area contributed by atoms with E-state index in [9.17, 15) is 0 Å². The predicted molar refractivity (Wildman–Crippen MR) is 81.2 cm³/mol. The molecule has 1 heterocycles. The lowest BCUT2D eigenvalue weighted by Gasteiger charge is -2.26. The fraction of sp³-hybridized carbons (Fsp3) is 0.571. The summed E-state index contributed by atoms with van der Waals surface area (Å²) in [6.07, 6.45) is 0. The van der Waals surface area contributed by atoms with E-state index in [4.69, 9.17) is 4.74 Å². The van der Waals surface area contributed by atoms with Gasteiger partial charge in [-0.05, 0) is 30.2 Å². The monoisotopic (exact) mass is 329 g/mol. The summed E-state index contributed by atoms with van der Waals surface area (Å²) in [6, 6.07) is 6.54. The molecule has 1 fully saturated rings. The van der Waals surface area contributed by atoms with Crippen molar-refractivity contribution < 1.29 is 4.74 Å². The Bertz CT molecular complexity index is 393. The molecule has 1 aromatic rings. The molecule has 0 atom stereocenters. The van der Waals surface area contributed by atoms with Crippen LogP contribution in [0, 0.1) is 5.92 Å². The zero-order chi connectivity index (χ0) is 13.0. The van der Waals surface area contributed by atoms with Crippen LogP contribution in [0.4, 0.5) is 0 Å². The number of halogens is 1. The first-order valence-electron chi connectivity index (χ1n) is 6.38. The third-order valence-corrected chi connectivity index (χ3v) is 4.53. The number of rotatable bonds is 6. The lowest BCUT2D eigenvalue weighted by molar-refractivity contribution is 0.0455. The van der Waals surface area contributed by atoms with Crippen molar-refractivity contribution in [2.45, 2.75) is 30.5 Å². The second kappa shape index (κ2) is 6.94. The Morgan fingerprint density at radius 3 is 2.83 bits per heavy atom. The molecule has 0 amide bonds. The summed E-state index contributed by atoms with van der Waals surface area (Å²) >= 11 is 5.49. The molecular formula is C14H20BrNOS. The molecule has 1 aliphatic rings. The first-order chi connectivity index (χ1) is 8.65. The Kier molecular flexibility index (Phi) is 5.55. The second-order valence-corrected chi connectivity index (χ2v) is 7.31. The average Bonchev–Trinajstić information content (AvgIpc) is 2.26. The summed E-state index contributed by atoms with van der Waals surface area (Å²) in [7, 11) is 0. The Labute approximate surface area is 122 Å². The number of hydrogen-bond donors (Lipinski definition) is 1. The summed E-state index contributed by atoms with van der Waals surface area (Å²) in [5, 5.41) is 4.14. The maximum atomic E-state index is 5.24. The molecule has 100 valence electrons. The first kappa shape index (κ1) is 14.4. The predicted octanol–water partition coefficient (Wildman–Crippen LogP) is 3.69. The smallest absolute Gasteiger partial charge is 0.0611 e. The van der Waals surface area contributed by atoms with E-state index in [0.29, 0.717) is 11.2 Å². The first-order valence-corrected chi connectivity index (χ1v) is 8.06. The van der Waals surface area contributed by atoms with Crippen molar-refractivity contribution in [3.63, 3.8) is 0 Å². The van der Waals surface area contributed by atoms with E-state index >= 15 is 0 Å². The van der Waals surface area contributed by atoms with E-state index in [2.05, 4.69) is 53.3 Å². The molecule has 2 nitrogen and oxygen atoms in total.